The van der Waals surface area contributed by atoms with Crippen molar-refractivity contribution in [2.24, 2.45) is 5.73 Å². The minimum atomic E-state index is -0.621. The Balaban J connectivity index is 1.62. The van der Waals surface area contributed by atoms with Gasteiger partial charge in [-0.05, 0) is 40.4 Å². The third-order valence-corrected chi connectivity index (χ3v) is 6.97. The number of hydrogen-bond donors (Lipinski definition) is 2. The first-order valence-electron chi connectivity index (χ1n) is 9.13. The summed E-state index contributed by atoms with van der Waals surface area (Å²) in [6, 6.07) is 14.9. The molecule has 2 aromatic heterocycles. The van der Waals surface area contributed by atoms with E-state index in [4.69, 9.17) is 5.73 Å². The second-order valence-electron chi connectivity index (χ2n) is 6.73. The molecule has 0 fully saturated rings. The summed E-state index contributed by atoms with van der Waals surface area (Å²) in [4.78, 5) is 29.0. The molecule has 3 aromatic rings. The largest absolute Gasteiger partial charge is 0.352 e. The summed E-state index contributed by atoms with van der Waals surface area (Å²) in [5, 5.41) is 6.75. The number of benzene rings is 1. The molecule has 7 heteroatoms. The van der Waals surface area contributed by atoms with E-state index in [1.807, 2.05) is 40.6 Å². The van der Waals surface area contributed by atoms with Crippen LogP contribution in [0.1, 0.15) is 39.4 Å². The molecule has 1 aromatic carbocycles. The van der Waals surface area contributed by atoms with Crippen LogP contribution in [0.5, 0.6) is 0 Å². The molecule has 1 aliphatic rings. The molecule has 2 unspecified atom stereocenters. The fourth-order valence-corrected chi connectivity index (χ4v) is 5.44. The van der Waals surface area contributed by atoms with Gasteiger partial charge in [0, 0.05) is 16.3 Å². The highest BCUT2D eigenvalue weighted by atomic mass is 32.1. The first-order chi connectivity index (χ1) is 13.6. The number of nitrogens with one attached hydrogen (secondary N) is 1. The number of rotatable bonds is 5. The van der Waals surface area contributed by atoms with Crippen molar-refractivity contribution in [3.63, 3.8) is 0 Å². The van der Waals surface area contributed by atoms with E-state index in [0.717, 1.165) is 16.9 Å². The molecule has 144 valence electrons. The number of nitrogens with two attached hydrogens (primary N) is 1. The molecule has 0 saturated heterocycles. The van der Waals surface area contributed by atoms with Gasteiger partial charge in [0.1, 0.15) is 0 Å². The number of carbonyl (C=O) groups is 2. The van der Waals surface area contributed by atoms with Crippen LogP contribution in [0.15, 0.2) is 59.3 Å². The molecule has 3 N–H and O–H groups in total. The van der Waals surface area contributed by atoms with Crippen molar-refractivity contribution in [3.05, 3.63) is 80.2 Å². The Bertz CT molecular complexity index is 953. The highest BCUT2D eigenvalue weighted by Gasteiger charge is 2.34. The van der Waals surface area contributed by atoms with Gasteiger partial charge < -0.3 is 16.0 Å². The van der Waals surface area contributed by atoms with Gasteiger partial charge in [0.25, 0.3) is 0 Å². The van der Waals surface area contributed by atoms with Crippen LogP contribution in [-0.4, -0.2) is 23.4 Å². The molecular formula is C21H21N3O2S2. The molecule has 3 amide bonds. The maximum absolute atomic E-state index is 13.3. The number of hydrogen-bond acceptors (Lipinski definition) is 4. The summed E-state index contributed by atoms with van der Waals surface area (Å²) in [6.07, 6.45) is 1.04. The molecule has 0 bridgehead atoms. The van der Waals surface area contributed by atoms with Crippen LogP contribution >= 0.6 is 22.7 Å². The smallest absolute Gasteiger partial charge is 0.312 e. The topological polar surface area (TPSA) is 75.4 Å². The lowest BCUT2D eigenvalue weighted by Crippen LogP contribution is -2.42. The van der Waals surface area contributed by atoms with E-state index in [1.54, 1.807) is 11.3 Å². The maximum atomic E-state index is 13.3. The van der Waals surface area contributed by atoms with Gasteiger partial charge in [-0.15, -0.1) is 22.7 Å². The molecule has 4 rings (SSSR count). The van der Waals surface area contributed by atoms with E-state index >= 15 is 0 Å². The van der Waals surface area contributed by atoms with Crippen molar-refractivity contribution < 1.29 is 9.59 Å². The quantitative estimate of drug-likeness (QED) is 0.664. The van der Waals surface area contributed by atoms with E-state index in [0.29, 0.717) is 6.54 Å². The Hall–Kier alpha value is -2.64. The zero-order valence-electron chi connectivity index (χ0n) is 15.2. The number of urea groups is 1. The Morgan fingerprint density at radius 1 is 1.11 bits per heavy atom. The van der Waals surface area contributed by atoms with Crippen LogP contribution in [0.25, 0.3) is 0 Å². The van der Waals surface area contributed by atoms with Crippen molar-refractivity contribution in [1.29, 1.82) is 0 Å². The lowest BCUT2D eigenvalue weighted by molar-refractivity contribution is -0.133. The zero-order valence-corrected chi connectivity index (χ0v) is 16.8. The van der Waals surface area contributed by atoms with Crippen LogP contribution in [-0.2, 0) is 11.2 Å². The van der Waals surface area contributed by atoms with Crippen molar-refractivity contribution in [2.75, 3.05) is 6.54 Å². The third kappa shape index (κ3) is 3.81. The minimum absolute atomic E-state index is 0.0119. The molecule has 0 saturated carbocycles. The van der Waals surface area contributed by atoms with Crippen LogP contribution in [0.2, 0.25) is 0 Å². The summed E-state index contributed by atoms with van der Waals surface area (Å²) < 4.78 is 0. The number of fused-ring (bicyclic) bond motifs is 1. The molecule has 0 aliphatic carbocycles. The first-order valence-corrected chi connectivity index (χ1v) is 10.9. The standard InChI is InChI=1S/C21H21N3O2S2/c22-21(26)23-16(18-7-4-11-27-18)13-19(25)24-10-8-17-15(9-12-28-17)20(24)14-5-2-1-3-6-14/h1-7,9,11-12,16,20H,8,10,13H2,(H3,22,23,26). The fraction of sp³-hybridized carbons (Fsp3) is 0.238. The predicted molar refractivity (Wildman–Crippen MR) is 112 cm³/mol. The van der Waals surface area contributed by atoms with Crippen molar-refractivity contribution in [3.8, 4) is 0 Å². The maximum Gasteiger partial charge on any atom is 0.312 e. The molecule has 5 nitrogen and oxygen atoms in total. The van der Waals surface area contributed by atoms with Crippen molar-refractivity contribution >= 4 is 34.6 Å². The average Bonchev–Trinajstić information content (AvgIpc) is 3.38. The summed E-state index contributed by atoms with van der Waals surface area (Å²) >= 11 is 3.26. The summed E-state index contributed by atoms with van der Waals surface area (Å²) in [5.41, 5.74) is 7.66. The Morgan fingerprint density at radius 3 is 2.64 bits per heavy atom. The molecule has 28 heavy (non-hydrogen) atoms. The van der Waals surface area contributed by atoms with Gasteiger partial charge >= 0.3 is 6.03 Å². The molecular weight excluding hydrogens is 390 g/mol. The second kappa shape index (κ2) is 8.16. The number of carbonyl (C=O) groups excluding carboxylic acids is 2. The van der Waals surface area contributed by atoms with E-state index in [9.17, 15) is 9.59 Å². The molecule has 1 aliphatic heterocycles. The predicted octanol–water partition coefficient (Wildman–Crippen LogP) is 4.08. The number of primary amides is 1. The van der Waals surface area contributed by atoms with Gasteiger partial charge in [-0.3, -0.25) is 4.79 Å². The normalized spacial score (nSPS) is 17.0. The Kier molecular flexibility index (Phi) is 5.45. The lowest BCUT2D eigenvalue weighted by Gasteiger charge is -2.37. The Labute approximate surface area is 171 Å². The molecule has 2 atom stereocenters. The number of amides is 3. The summed E-state index contributed by atoms with van der Waals surface area (Å²) in [7, 11) is 0. The molecule has 0 spiro atoms. The van der Waals surface area contributed by atoms with E-state index in [2.05, 4.69) is 28.9 Å². The summed E-state index contributed by atoms with van der Waals surface area (Å²) in [5.74, 6) is 0.0119. The van der Waals surface area contributed by atoms with E-state index in [-0.39, 0.29) is 18.4 Å². The van der Waals surface area contributed by atoms with Gasteiger partial charge in [0.15, 0.2) is 0 Å². The van der Waals surface area contributed by atoms with Crippen LogP contribution < -0.4 is 11.1 Å². The van der Waals surface area contributed by atoms with Crippen molar-refractivity contribution in [2.45, 2.75) is 24.9 Å². The van der Waals surface area contributed by atoms with Gasteiger partial charge in [0.05, 0.1) is 18.5 Å². The van der Waals surface area contributed by atoms with Crippen LogP contribution in [0, 0.1) is 0 Å². The minimum Gasteiger partial charge on any atom is -0.352 e. The fourth-order valence-electron chi connectivity index (χ4n) is 3.76. The second-order valence-corrected chi connectivity index (χ2v) is 8.71. The zero-order chi connectivity index (χ0) is 19.5. The van der Waals surface area contributed by atoms with Gasteiger partial charge in [-0.1, -0.05) is 36.4 Å². The van der Waals surface area contributed by atoms with Crippen molar-refractivity contribution in [1.82, 2.24) is 10.2 Å². The Morgan fingerprint density at radius 2 is 1.93 bits per heavy atom. The monoisotopic (exact) mass is 411 g/mol. The average molecular weight is 412 g/mol. The lowest BCUT2D eigenvalue weighted by atomic mass is 9.92. The highest BCUT2D eigenvalue weighted by molar-refractivity contribution is 7.10. The summed E-state index contributed by atoms with van der Waals surface area (Å²) in [6.45, 7) is 0.666. The van der Waals surface area contributed by atoms with Gasteiger partial charge in [0.2, 0.25) is 5.91 Å². The van der Waals surface area contributed by atoms with Gasteiger partial charge in [-0.2, -0.15) is 0 Å². The molecule has 3 heterocycles. The molecule has 0 radical (unpaired) electrons. The SMILES string of the molecule is NC(=O)NC(CC(=O)N1CCc2sccc2C1c1ccccc1)c1cccs1. The van der Waals surface area contributed by atoms with E-state index in [1.165, 1.54) is 21.8 Å². The van der Waals surface area contributed by atoms with Gasteiger partial charge in [-0.25, -0.2) is 4.79 Å². The number of nitrogens with zero attached hydrogens (tertiary/aromatic N) is 1. The highest BCUT2D eigenvalue weighted by Crippen LogP contribution is 2.38. The number of thiophene rings is 2. The first kappa shape index (κ1) is 18.7. The van der Waals surface area contributed by atoms with E-state index < -0.39 is 12.1 Å². The van der Waals surface area contributed by atoms with Crippen LogP contribution in [0.4, 0.5) is 4.79 Å². The van der Waals surface area contributed by atoms with Crippen LogP contribution in [0.3, 0.4) is 0 Å². The third-order valence-electron chi connectivity index (χ3n) is 4.98.